The molecule has 0 saturated heterocycles. The largest absolute Gasteiger partial charge is 0.494 e. The fourth-order valence-electron chi connectivity index (χ4n) is 3.37. The van der Waals surface area contributed by atoms with Gasteiger partial charge in [0.25, 0.3) is 0 Å². The number of ether oxygens (including phenoxy) is 1. The normalized spacial score (nSPS) is 16.7. The molecule has 1 unspecified atom stereocenters. The number of aromatic hydroxyl groups is 2. The van der Waals surface area contributed by atoms with Crippen molar-refractivity contribution in [1.82, 2.24) is 9.88 Å². The summed E-state index contributed by atoms with van der Waals surface area (Å²) in [5.74, 6) is -0.873. The molecule has 0 bridgehead atoms. The number of ketones is 1. The Morgan fingerprint density at radius 1 is 1.20 bits per heavy atom. The monoisotopic (exact) mass is 352 g/mol. The summed E-state index contributed by atoms with van der Waals surface area (Å²) < 4.78 is 6.44. The van der Waals surface area contributed by atoms with Crippen molar-refractivity contribution in [3.63, 3.8) is 0 Å². The van der Waals surface area contributed by atoms with Crippen LogP contribution in [-0.2, 0) is 11.8 Å². The van der Waals surface area contributed by atoms with E-state index in [1.54, 1.807) is 27.7 Å². The molecule has 0 radical (unpaired) electrons. The van der Waals surface area contributed by atoms with Gasteiger partial charge in [0, 0.05) is 12.6 Å². The Morgan fingerprint density at radius 2 is 1.76 bits per heavy atom. The van der Waals surface area contributed by atoms with Gasteiger partial charge in [-0.15, -0.1) is 0 Å². The van der Waals surface area contributed by atoms with Crippen LogP contribution >= 0.6 is 0 Å². The molecule has 1 heterocycles. The molecule has 0 spiro atoms. The minimum atomic E-state index is -0.788. The number of amides is 1. The predicted octanol–water partition coefficient (Wildman–Crippen LogP) is 3.01. The molecule has 7 nitrogen and oxygen atoms in total. The molecule has 0 aliphatic heterocycles. The SMILES string of the molecule is Cc1c(C(=O)C(NC(=O)OC(C)(C)C)C2CCCC2)c(O)n(C)c1O. The molecule has 1 atom stereocenters. The summed E-state index contributed by atoms with van der Waals surface area (Å²) in [5, 5.41) is 22.9. The van der Waals surface area contributed by atoms with Crippen LogP contribution in [0.3, 0.4) is 0 Å². The van der Waals surface area contributed by atoms with E-state index >= 15 is 0 Å². The van der Waals surface area contributed by atoms with Gasteiger partial charge in [-0.2, -0.15) is 0 Å². The lowest BCUT2D eigenvalue weighted by Gasteiger charge is -2.26. The second kappa shape index (κ2) is 6.98. The van der Waals surface area contributed by atoms with Crippen LogP contribution in [0, 0.1) is 12.8 Å². The third-order valence-electron chi connectivity index (χ3n) is 4.64. The van der Waals surface area contributed by atoms with Crippen LogP contribution in [0.4, 0.5) is 4.79 Å². The maximum atomic E-state index is 13.1. The van der Waals surface area contributed by atoms with Crippen molar-refractivity contribution in [2.75, 3.05) is 0 Å². The van der Waals surface area contributed by atoms with E-state index in [-0.39, 0.29) is 23.2 Å². The van der Waals surface area contributed by atoms with Crippen molar-refractivity contribution >= 4 is 11.9 Å². The number of hydrogen-bond acceptors (Lipinski definition) is 5. The van der Waals surface area contributed by atoms with Crippen molar-refractivity contribution in [2.45, 2.75) is 65.0 Å². The third-order valence-corrected chi connectivity index (χ3v) is 4.64. The lowest BCUT2D eigenvalue weighted by molar-refractivity contribution is 0.0470. The number of aromatic nitrogens is 1. The maximum Gasteiger partial charge on any atom is 0.408 e. The predicted molar refractivity (Wildman–Crippen MR) is 92.9 cm³/mol. The van der Waals surface area contributed by atoms with Crippen LogP contribution < -0.4 is 5.32 Å². The molecule has 1 amide bonds. The first-order chi connectivity index (χ1) is 11.5. The van der Waals surface area contributed by atoms with E-state index in [2.05, 4.69) is 5.32 Å². The van der Waals surface area contributed by atoms with Gasteiger partial charge in [0.2, 0.25) is 5.88 Å². The molecule has 1 aromatic heterocycles. The molecule has 1 aliphatic carbocycles. The molecule has 140 valence electrons. The summed E-state index contributed by atoms with van der Waals surface area (Å²) in [6.45, 7) is 6.83. The van der Waals surface area contributed by atoms with Gasteiger partial charge in [-0.1, -0.05) is 12.8 Å². The molecular formula is C18H28N2O5. The highest BCUT2D eigenvalue weighted by molar-refractivity contribution is 6.05. The van der Waals surface area contributed by atoms with E-state index in [0.717, 1.165) is 30.3 Å². The number of nitrogens with zero attached hydrogens (tertiary/aromatic N) is 1. The first-order valence-electron chi connectivity index (χ1n) is 8.64. The Kier molecular flexibility index (Phi) is 5.34. The molecule has 2 rings (SSSR count). The minimum absolute atomic E-state index is 0.0128. The molecule has 1 aromatic rings. The van der Waals surface area contributed by atoms with E-state index in [1.165, 1.54) is 7.05 Å². The number of nitrogens with one attached hydrogen (secondary N) is 1. The molecule has 1 fully saturated rings. The quantitative estimate of drug-likeness (QED) is 0.723. The highest BCUT2D eigenvalue weighted by Crippen LogP contribution is 2.36. The van der Waals surface area contributed by atoms with Crippen LogP contribution in [0.2, 0.25) is 0 Å². The van der Waals surface area contributed by atoms with Crippen LogP contribution in [0.5, 0.6) is 11.8 Å². The van der Waals surface area contributed by atoms with Crippen molar-refractivity contribution < 1.29 is 24.5 Å². The molecule has 25 heavy (non-hydrogen) atoms. The highest BCUT2D eigenvalue weighted by Gasteiger charge is 2.37. The molecule has 1 saturated carbocycles. The zero-order chi connectivity index (χ0) is 18.9. The summed E-state index contributed by atoms with van der Waals surface area (Å²) >= 11 is 0. The van der Waals surface area contributed by atoms with Crippen molar-refractivity contribution in [3.05, 3.63) is 11.1 Å². The van der Waals surface area contributed by atoms with Crippen LogP contribution in [0.15, 0.2) is 0 Å². The first kappa shape index (κ1) is 19.1. The standard InChI is InChI=1S/C18H28N2O5/c1-10-12(16(23)20(5)15(10)22)14(21)13(11-8-6-7-9-11)19-17(24)25-18(2,3)4/h11,13,22-23H,6-9H2,1-5H3,(H,19,24). The van der Waals surface area contributed by atoms with Crippen LogP contribution in [-0.4, -0.2) is 38.3 Å². The van der Waals surface area contributed by atoms with Gasteiger partial charge >= 0.3 is 6.09 Å². The number of hydrogen-bond donors (Lipinski definition) is 3. The molecule has 7 heteroatoms. The average molecular weight is 352 g/mol. The summed E-state index contributed by atoms with van der Waals surface area (Å²) in [7, 11) is 1.47. The van der Waals surface area contributed by atoms with Gasteiger partial charge in [0.1, 0.15) is 5.60 Å². The van der Waals surface area contributed by atoms with Crippen molar-refractivity contribution in [2.24, 2.45) is 13.0 Å². The maximum absolute atomic E-state index is 13.1. The number of alkyl carbamates (subject to hydrolysis) is 1. The van der Waals surface area contributed by atoms with E-state index in [4.69, 9.17) is 4.74 Å². The van der Waals surface area contributed by atoms with Gasteiger partial charge in [0.15, 0.2) is 11.7 Å². The Balaban J connectivity index is 2.31. The zero-order valence-electron chi connectivity index (χ0n) is 15.5. The summed E-state index contributed by atoms with van der Waals surface area (Å²) in [5.41, 5.74) is -0.317. The lowest BCUT2D eigenvalue weighted by Crippen LogP contribution is -2.47. The smallest absolute Gasteiger partial charge is 0.408 e. The molecule has 3 N–H and O–H groups in total. The van der Waals surface area contributed by atoms with E-state index < -0.39 is 23.5 Å². The Labute approximate surface area is 148 Å². The summed E-state index contributed by atoms with van der Waals surface area (Å²) in [4.78, 5) is 25.3. The molecule has 0 aromatic carbocycles. The van der Waals surface area contributed by atoms with Gasteiger partial charge in [-0.25, -0.2) is 4.79 Å². The Morgan fingerprint density at radius 3 is 2.20 bits per heavy atom. The van der Waals surface area contributed by atoms with E-state index in [9.17, 15) is 19.8 Å². The number of carbonyl (C=O) groups excluding carboxylic acids is 2. The second-order valence-corrected chi connectivity index (χ2v) is 7.74. The topological polar surface area (TPSA) is 101 Å². The Hall–Kier alpha value is -2.18. The van der Waals surface area contributed by atoms with Crippen LogP contribution in [0.25, 0.3) is 0 Å². The second-order valence-electron chi connectivity index (χ2n) is 7.74. The lowest BCUT2D eigenvalue weighted by atomic mass is 9.90. The first-order valence-corrected chi connectivity index (χ1v) is 8.64. The van der Waals surface area contributed by atoms with Crippen molar-refractivity contribution in [3.8, 4) is 11.8 Å². The van der Waals surface area contributed by atoms with Crippen LogP contribution in [0.1, 0.15) is 62.4 Å². The third kappa shape index (κ3) is 4.08. The fraction of sp³-hybridized carbons (Fsp3) is 0.667. The summed E-state index contributed by atoms with van der Waals surface area (Å²) in [6.07, 6.45) is 2.98. The minimum Gasteiger partial charge on any atom is -0.494 e. The number of Topliss-reactive ketones (excluding diaryl/α,β-unsaturated/α-hetero) is 1. The van der Waals surface area contributed by atoms with Gasteiger partial charge in [-0.05, 0) is 46.5 Å². The van der Waals surface area contributed by atoms with Gasteiger partial charge < -0.3 is 20.3 Å². The van der Waals surface area contributed by atoms with Crippen molar-refractivity contribution in [1.29, 1.82) is 0 Å². The van der Waals surface area contributed by atoms with E-state index in [0.29, 0.717) is 5.56 Å². The zero-order valence-corrected chi connectivity index (χ0v) is 15.5. The summed E-state index contributed by atoms with van der Waals surface area (Å²) in [6, 6.07) is -0.788. The van der Waals surface area contributed by atoms with Gasteiger partial charge in [0.05, 0.1) is 11.6 Å². The highest BCUT2D eigenvalue weighted by atomic mass is 16.6. The average Bonchev–Trinajstić information content (AvgIpc) is 3.08. The van der Waals surface area contributed by atoms with Gasteiger partial charge in [-0.3, -0.25) is 9.36 Å². The number of carbonyl (C=O) groups is 2. The van der Waals surface area contributed by atoms with E-state index in [1.807, 2.05) is 0 Å². The fourth-order valence-corrected chi connectivity index (χ4v) is 3.37. The molecule has 1 aliphatic rings. The molecular weight excluding hydrogens is 324 g/mol. The Bertz CT molecular complexity index is 640. The number of rotatable bonds is 4.